The van der Waals surface area contributed by atoms with Gasteiger partial charge in [-0.2, -0.15) is 0 Å². The van der Waals surface area contributed by atoms with Crippen molar-refractivity contribution >= 4 is 5.69 Å². The molecule has 21 heavy (non-hydrogen) atoms. The molecular weight excluding hydrogens is 258 g/mol. The van der Waals surface area contributed by atoms with Gasteiger partial charge < -0.3 is 9.88 Å². The molecule has 2 aromatic rings. The topological polar surface area (TPSA) is 20.2 Å². The fourth-order valence-corrected chi connectivity index (χ4v) is 2.97. The number of nitrogens with zero attached hydrogens (tertiary/aromatic N) is 2. The van der Waals surface area contributed by atoms with E-state index in [1.807, 2.05) is 0 Å². The third-order valence-electron chi connectivity index (χ3n) is 4.21. The van der Waals surface area contributed by atoms with Crippen molar-refractivity contribution in [3.8, 4) is 0 Å². The summed E-state index contributed by atoms with van der Waals surface area (Å²) in [5, 5.41) is 3.53. The summed E-state index contributed by atoms with van der Waals surface area (Å²) in [6, 6.07) is 11.0. The van der Waals surface area contributed by atoms with Crippen LogP contribution in [0, 0.1) is 0 Å². The first-order valence-corrected chi connectivity index (χ1v) is 8.03. The highest BCUT2D eigenvalue weighted by Crippen LogP contribution is 2.17. The number of aryl methyl sites for hydroxylation is 1. The van der Waals surface area contributed by atoms with Gasteiger partial charge in [-0.1, -0.05) is 12.1 Å². The van der Waals surface area contributed by atoms with Crippen molar-refractivity contribution in [3.05, 3.63) is 53.9 Å². The minimum absolute atomic E-state index is 0.889. The van der Waals surface area contributed by atoms with Gasteiger partial charge in [0.15, 0.2) is 0 Å². The normalized spacial score (nSPS) is 15.5. The predicted molar refractivity (Wildman–Crippen MR) is 88.4 cm³/mol. The molecule has 3 nitrogen and oxygen atoms in total. The average molecular weight is 283 g/mol. The molecule has 3 rings (SSSR count). The largest absolute Gasteiger partial charge is 0.381 e. The van der Waals surface area contributed by atoms with E-state index in [1.165, 1.54) is 42.7 Å². The monoisotopic (exact) mass is 283 g/mol. The molecule has 1 aliphatic heterocycles. The molecule has 1 aliphatic rings. The first-order valence-electron chi connectivity index (χ1n) is 8.03. The van der Waals surface area contributed by atoms with Crippen LogP contribution in [0.3, 0.4) is 0 Å². The van der Waals surface area contributed by atoms with Crippen LogP contribution in [0.5, 0.6) is 0 Å². The lowest BCUT2D eigenvalue weighted by Gasteiger charge is -2.15. The van der Waals surface area contributed by atoms with E-state index in [1.54, 1.807) is 0 Å². The number of nitrogens with one attached hydrogen (secondary N) is 1. The molecule has 0 aliphatic carbocycles. The van der Waals surface area contributed by atoms with Crippen molar-refractivity contribution in [2.24, 2.45) is 0 Å². The Bertz CT molecular complexity index is 567. The molecule has 0 saturated carbocycles. The van der Waals surface area contributed by atoms with Gasteiger partial charge in [0, 0.05) is 37.7 Å². The van der Waals surface area contributed by atoms with Gasteiger partial charge in [0.25, 0.3) is 0 Å². The molecule has 0 amide bonds. The molecule has 1 saturated heterocycles. The van der Waals surface area contributed by atoms with Crippen molar-refractivity contribution < 1.29 is 0 Å². The van der Waals surface area contributed by atoms with E-state index in [4.69, 9.17) is 0 Å². The Hall–Kier alpha value is -1.74. The predicted octanol–water partition coefficient (Wildman–Crippen LogP) is 3.72. The van der Waals surface area contributed by atoms with E-state index in [-0.39, 0.29) is 0 Å². The number of hydrogen-bond donors (Lipinski definition) is 1. The van der Waals surface area contributed by atoms with Crippen molar-refractivity contribution in [2.75, 3.05) is 18.4 Å². The van der Waals surface area contributed by atoms with Gasteiger partial charge in [0.2, 0.25) is 0 Å². The Labute approximate surface area is 127 Å². The summed E-state index contributed by atoms with van der Waals surface area (Å²) < 4.78 is 2.21. The zero-order valence-corrected chi connectivity index (χ0v) is 12.9. The van der Waals surface area contributed by atoms with Crippen LogP contribution in [-0.4, -0.2) is 22.6 Å². The smallest absolute Gasteiger partial charge is 0.0415 e. The Morgan fingerprint density at radius 3 is 2.71 bits per heavy atom. The Morgan fingerprint density at radius 1 is 1.10 bits per heavy atom. The van der Waals surface area contributed by atoms with Crippen molar-refractivity contribution in [1.29, 1.82) is 0 Å². The van der Waals surface area contributed by atoms with Crippen molar-refractivity contribution in [3.63, 3.8) is 0 Å². The summed E-state index contributed by atoms with van der Waals surface area (Å²) in [6.45, 7) is 7.68. The summed E-state index contributed by atoms with van der Waals surface area (Å²) in [5.41, 5.74) is 3.96. The summed E-state index contributed by atoms with van der Waals surface area (Å²) >= 11 is 0. The second-order valence-electron chi connectivity index (χ2n) is 5.89. The third-order valence-corrected chi connectivity index (χ3v) is 4.21. The van der Waals surface area contributed by atoms with Crippen LogP contribution in [0.2, 0.25) is 0 Å². The van der Waals surface area contributed by atoms with E-state index in [2.05, 4.69) is 64.4 Å². The van der Waals surface area contributed by atoms with E-state index >= 15 is 0 Å². The third kappa shape index (κ3) is 3.88. The molecule has 0 radical (unpaired) electrons. The number of benzene rings is 1. The number of aromatic nitrogens is 1. The van der Waals surface area contributed by atoms with Crippen LogP contribution in [0.1, 0.15) is 30.9 Å². The standard InChI is InChI=1S/C18H25N3/c1-2-20-11-8-17(15-20)13-19-18-7-5-6-16(12-18)14-21-9-3-4-10-21/h5-8,11-12,15,19H,2-4,9-10,13-14H2,1H3. The van der Waals surface area contributed by atoms with Gasteiger partial charge in [-0.15, -0.1) is 0 Å². The Kier molecular flexibility index (Phi) is 4.61. The maximum atomic E-state index is 3.53. The van der Waals surface area contributed by atoms with Crippen LogP contribution < -0.4 is 5.32 Å². The fourth-order valence-electron chi connectivity index (χ4n) is 2.97. The van der Waals surface area contributed by atoms with E-state index in [0.717, 1.165) is 19.6 Å². The highest BCUT2D eigenvalue weighted by atomic mass is 15.1. The lowest BCUT2D eigenvalue weighted by Crippen LogP contribution is -2.18. The lowest BCUT2D eigenvalue weighted by atomic mass is 10.2. The maximum Gasteiger partial charge on any atom is 0.0415 e. The molecule has 1 N–H and O–H groups in total. The highest BCUT2D eigenvalue weighted by molar-refractivity contribution is 5.46. The van der Waals surface area contributed by atoms with Gasteiger partial charge >= 0.3 is 0 Å². The zero-order valence-electron chi connectivity index (χ0n) is 12.9. The molecule has 0 bridgehead atoms. The molecule has 0 unspecified atom stereocenters. The molecule has 1 fully saturated rings. The van der Waals surface area contributed by atoms with E-state index in [0.29, 0.717) is 0 Å². The van der Waals surface area contributed by atoms with Gasteiger partial charge in [-0.3, -0.25) is 4.90 Å². The molecule has 2 heterocycles. The van der Waals surface area contributed by atoms with E-state index < -0.39 is 0 Å². The van der Waals surface area contributed by atoms with Gasteiger partial charge in [0.05, 0.1) is 0 Å². The quantitative estimate of drug-likeness (QED) is 0.872. The Morgan fingerprint density at radius 2 is 1.95 bits per heavy atom. The fraction of sp³-hybridized carbons (Fsp3) is 0.444. The minimum atomic E-state index is 0.889. The average Bonchev–Trinajstić information content (AvgIpc) is 3.17. The highest BCUT2D eigenvalue weighted by Gasteiger charge is 2.11. The zero-order chi connectivity index (χ0) is 14.5. The number of likely N-dealkylation sites (tertiary alicyclic amines) is 1. The lowest BCUT2D eigenvalue weighted by molar-refractivity contribution is 0.331. The number of hydrogen-bond acceptors (Lipinski definition) is 2. The van der Waals surface area contributed by atoms with Crippen LogP contribution in [-0.2, 0) is 19.6 Å². The van der Waals surface area contributed by atoms with Gasteiger partial charge in [0.1, 0.15) is 0 Å². The molecule has 1 aromatic carbocycles. The summed E-state index contributed by atoms with van der Waals surface area (Å²) in [6.07, 6.45) is 7.06. The minimum Gasteiger partial charge on any atom is -0.381 e. The van der Waals surface area contributed by atoms with Crippen LogP contribution in [0.25, 0.3) is 0 Å². The van der Waals surface area contributed by atoms with Gasteiger partial charge in [-0.05, 0) is 62.2 Å². The van der Waals surface area contributed by atoms with Crippen LogP contribution in [0.4, 0.5) is 5.69 Å². The molecule has 112 valence electrons. The first kappa shape index (κ1) is 14.2. The van der Waals surface area contributed by atoms with Crippen LogP contribution >= 0.6 is 0 Å². The number of rotatable bonds is 6. The number of anilines is 1. The molecular formula is C18H25N3. The van der Waals surface area contributed by atoms with Crippen LogP contribution in [0.15, 0.2) is 42.7 Å². The second kappa shape index (κ2) is 6.81. The van der Waals surface area contributed by atoms with Crippen molar-refractivity contribution in [2.45, 2.75) is 39.4 Å². The molecule has 0 spiro atoms. The van der Waals surface area contributed by atoms with E-state index in [9.17, 15) is 0 Å². The molecule has 3 heteroatoms. The first-order chi connectivity index (χ1) is 10.3. The molecule has 1 aromatic heterocycles. The van der Waals surface area contributed by atoms with Crippen molar-refractivity contribution in [1.82, 2.24) is 9.47 Å². The van der Waals surface area contributed by atoms with Gasteiger partial charge in [-0.25, -0.2) is 0 Å². The SMILES string of the molecule is CCn1ccc(CNc2cccc(CN3CCCC3)c2)c1. The summed E-state index contributed by atoms with van der Waals surface area (Å²) in [5.74, 6) is 0. The molecule has 0 atom stereocenters. The maximum absolute atomic E-state index is 3.53. The Balaban J connectivity index is 1.57. The second-order valence-corrected chi connectivity index (χ2v) is 5.89. The summed E-state index contributed by atoms with van der Waals surface area (Å²) in [4.78, 5) is 2.54. The summed E-state index contributed by atoms with van der Waals surface area (Å²) in [7, 11) is 0.